The Hall–Kier alpha value is -2.13. The lowest BCUT2D eigenvalue weighted by Crippen LogP contribution is -2.52. The molecule has 27 heavy (non-hydrogen) atoms. The summed E-state index contributed by atoms with van der Waals surface area (Å²) in [6.07, 6.45) is 1.59. The Morgan fingerprint density at radius 2 is 1.78 bits per heavy atom. The van der Waals surface area contributed by atoms with Gasteiger partial charge in [-0.1, -0.05) is 12.1 Å². The van der Waals surface area contributed by atoms with Crippen molar-refractivity contribution in [1.29, 1.82) is 0 Å². The maximum atomic E-state index is 12.5. The van der Waals surface area contributed by atoms with Crippen molar-refractivity contribution in [2.75, 3.05) is 52.6 Å². The van der Waals surface area contributed by atoms with Crippen molar-refractivity contribution in [2.24, 2.45) is 0 Å². The number of piperazine rings is 1. The van der Waals surface area contributed by atoms with Crippen LogP contribution in [0.2, 0.25) is 0 Å². The summed E-state index contributed by atoms with van der Waals surface area (Å²) in [5, 5.41) is 0. The van der Waals surface area contributed by atoms with Crippen molar-refractivity contribution < 1.29 is 22.7 Å². The van der Waals surface area contributed by atoms with E-state index in [4.69, 9.17) is 4.74 Å². The van der Waals surface area contributed by atoms with Gasteiger partial charge >= 0.3 is 0 Å². The number of carbonyl (C=O) groups excluding carboxylic acids is 2. The van der Waals surface area contributed by atoms with Crippen LogP contribution in [0, 0.1) is 0 Å². The Kier molecular flexibility index (Phi) is 7.20. The minimum absolute atomic E-state index is 0.0156. The van der Waals surface area contributed by atoms with Gasteiger partial charge in [0.15, 0.2) is 0 Å². The molecule has 1 aliphatic rings. The normalized spacial score (nSPS) is 15.1. The van der Waals surface area contributed by atoms with Gasteiger partial charge < -0.3 is 14.5 Å². The number of sulfonamides is 1. The molecule has 2 rings (SSSR count). The van der Waals surface area contributed by atoms with Gasteiger partial charge in [-0.05, 0) is 24.1 Å². The van der Waals surface area contributed by atoms with E-state index in [1.165, 1.54) is 11.2 Å². The fourth-order valence-electron chi connectivity index (χ4n) is 2.97. The average molecular weight is 397 g/mol. The first-order chi connectivity index (χ1) is 12.7. The third kappa shape index (κ3) is 6.21. The van der Waals surface area contributed by atoms with Gasteiger partial charge in [0, 0.05) is 39.6 Å². The fourth-order valence-corrected chi connectivity index (χ4v) is 3.73. The van der Waals surface area contributed by atoms with Gasteiger partial charge in [-0.25, -0.2) is 8.42 Å². The molecular weight excluding hydrogens is 370 g/mol. The highest BCUT2D eigenvalue weighted by atomic mass is 32.2. The lowest BCUT2D eigenvalue weighted by Gasteiger charge is -2.35. The summed E-state index contributed by atoms with van der Waals surface area (Å²) in [6.45, 7) is 3.32. The topological polar surface area (TPSA) is 87.2 Å². The van der Waals surface area contributed by atoms with E-state index in [1.54, 1.807) is 16.9 Å². The van der Waals surface area contributed by atoms with Gasteiger partial charge in [-0.3, -0.25) is 9.59 Å². The molecule has 0 radical (unpaired) electrons. The van der Waals surface area contributed by atoms with Gasteiger partial charge in [-0.2, -0.15) is 4.31 Å². The summed E-state index contributed by atoms with van der Waals surface area (Å²) in [4.78, 5) is 27.2. The maximum Gasteiger partial charge on any atom is 0.238 e. The molecule has 0 bridgehead atoms. The van der Waals surface area contributed by atoms with Gasteiger partial charge in [0.2, 0.25) is 21.8 Å². The van der Waals surface area contributed by atoms with Gasteiger partial charge in [0.05, 0.1) is 19.9 Å². The van der Waals surface area contributed by atoms with Crippen LogP contribution in [0.4, 0.5) is 0 Å². The van der Waals surface area contributed by atoms with E-state index >= 15 is 0 Å². The highest BCUT2D eigenvalue weighted by Gasteiger charge is 2.26. The SMILES string of the molecule is COc1cccc(CCN(CC(=O)N2CCN(C(C)=O)CC2)S(C)(=O)=O)c1. The van der Waals surface area contributed by atoms with Crippen LogP contribution >= 0.6 is 0 Å². The molecule has 0 N–H and O–H groups in total. The quantitative estimate of drug-likeness (QED) is 0.656. The van der Waals surface area contributed by atoms with E-state index in [-0.39, 0.29) is 24.9 Å². The molecule has 1 aromatic carbocycles. The second kappa shape index (κ2) is 9.18. The van der Waals surface area contributed by atoms with Crippen molar-refractivity contribution in [1.82, 2.24) is 14.1 Å². The van der Waals surface area contributed by atoms with Crippen LogP contribution in [0.1, 0.15) is 12.5 Å². The molecule has 1 fully saturated rings. The summed E-state index contributed by atoms with van der Waals surface area (Å²) in [5.41, 5.74) is 0.936. The molecule has 1 saturated heterocycles. The largest absolute Gasteiger partial charge is 0.497 e. The standard InChI is InChI=1S/C18H27N3O5S/c1-15(22)19-9-11-20(12-10-19)18(23)14-21(27(3,24)25)8-7-16-5-4-6-17(13-16)26-2/h4-6,13H,7-12,14H2,1-3H3. The van der Waals surface area contributed by atoms with E-state index in [1.807, 2.05) is 24.3 Å². The van der Waals surface area contributed by atoms with Crippen molar-refractivity contribution in [3.8, 4) is 5.75 Å². The fraction of sp³-hybridized carbons (Fsp3) is 0.556. The smallest absolute Gasteiger partial charge is 0.238 e. The molecule has 0 aliphatic carbocycles. The number of hydrogen-bond donors (Lipinski definition) is 0. The van der Waals surface area contributed by atoms with Crippen molar-refractivity contribution in [3.05, 3.63) is 29.8 Å². The Morgan fingerprint density at radius 1 is 1.15 bits per heavy atom. The number of methoxy groups -OCH3 is 1. The average Bonchev–Trinajstić information content (AvgIpc) is 2.64. The molecule has 9 heteroatoms. The monoisotopic (exact) mass is 397 g/mol. The minimum atomic E-state index is -3.52. The summed E-state index contributed by atoms with van der Waals surface area (Å²) in [5.74, 6) is 0.449. The van der Waals surface area contributed by atoms with Crippen LogP contribution in [0.3, 0.4) is 0 Å². The van der Waals surface area contributed by atoms with E-state index in [2.05, 4.69) is 0 Å². The van der Waals surface area contributed by atoms with Gasteiger partial charge in [-0.15, -0.1) is 0 Å². The van der Waals surface area contributed by atoms with E-state index < -0.39 is 10.0 Å². The first-order valence-electron chi connectivity index (χ1n) is 8.82. The summed E-state index contributed by atoms with van der Waals surface area (Å²) < 4.78 is 30.6. The van der Waals surface area contributed by atoms with Gasteiger partial charge in [0.25, 0.3) is 0 Å². The molecule has 0 spiro atoms. The Balaban J connectivity index is 1.96. The van der Waals surface area contributed by atoms with Crippen LogP contribution in [-0.2, 0) is 26.0 Å². The van der Waals surface area contributed by atoms with Crippen LogP contribution in [0.25, 0.3) is 0 Å². The maximum absolute atomic E-state index is 12.5. The van der Waals surface area contributed by atoms with Crippen LogP contribution in [-0.4, -0.2) is 87.0 Å². The number of carbonyl (C=O) groups is 2. The third-order valence-electron chi connectivity index (χ3n) is 4.64. The Bertz CT molecular complexity index is 773. The number of rotatable bonds is 7. The Morgan fingerprint density at radius 3 is 2.33 bits per heavy atom. The molecule has 1 aromatic rings. The molecule has 8 nitrogen and oxygen atoms in total. The van der Waals surface area contributed by atoms with Crippen molar-refractivity contribution >= 4 is 21.8 Å². The molecule has 1 heterocycles. The zero-order valence-electron chi connectivity index (χ0n) is 16.1. The minimum Gasteiger partial charge on any atom is -0.497 e. The molecule has 1 aliphatic heterocycles. The predicted octanol–water partition coefficient (Wildman–Crippen LogP) is 0.190. The number of ether oxygens (including phenoxy) is 1. The number of nitrogens with zero attached hydrogens (tertiary/aromatic N) is 3. The predicted molar refractivity (Wildman–Crippen MR) is 102 cm³/mol. The van der Waals surface area contributed by atoms with Crippen molar-refractivity contribution in [3.63, 3.8) is 0 Å². The summed E-state index contributed by atoms with van der Waals surface area (Å²) in [7, 11) is -1.94. The van der Waals surface area contributed by atoms with Crippen molar-refractivity contribution in [2.45, 2.75) is 13.3 Å². The van der Waals surface area contributed by atoms with E-state index in [0.717, 1.165) is 11.8 Å². The van der Waals surface area contributed by atoms with Crippen LogP contribution in [0.15, 0.2) is 24.3 Å². The summed E-state index contributed by atoms with van der Waals surface area (Å²) in [6, 6.07) is 7.41. The highest BCUT2D eigenvalue weighted by Crippen LogP contribution is 2.14. The first-order valence-corrected chi connectivity index (χ1v) is 10.7. The molecule has 0 atom stereocenters. The van der Waals surface area contributed by atoms with Crippen LogP contribution in [0.5, 0.6) is 5.75 Å². The second-order valence-electron chi connectivity index (χ2n) is 6.58. The Labute approximate surface area is 160 Å². The second-order valence-corrected chi connectivity index (χ2v) is 8.57. The highest BCUT2D eigenvalue weighted by molar-refractivity contribution is 7.88. The number of benzene rings is 1. The lowest BCUT2D eigenvalue weighted by atomic mass is 10.1. The zero-order valence-corrected chi connectivity index (χ0v) is 16.9. The number of hydrogen-bond acceptors (Lipinski definition) is 5. The number of amides is 2. The molecule has 2 amide bonds. The van der Waals surface area contributed by atoms with E-state index in [9.17, 15) is 18.0 Å². The lowest BCUT2D eigenvalue weighted by molar-refractivity contribution is -0.138. The molecular formula is C18H27N3O5S. The van der Waals surface area contributed by atoms with Gasteiger partial charge in [0.1, 0.15) is 5.75 Å². The first kappa shape index (κ1) is 21.2. The zero-order chi connectivity index (χ0) is 20.0. The molecule has 0 saturated carbocycles. The van der Waals surface area contributed by atoms with E-state index in [0.29, 0.717) is 38.3 Å². The third-order valence-corrected chi connectivity index (χ3v) is 5.89. The van der Waals surface area contributed by atoms with Crippen LogP contribution < -0.4 is 4.74 Å². The molecule has 0 unspecified atom stereocenters. The molecule has 150 valence electrons. The summed E-state index contributed by atoms with van der Waals surface area (Å²) >= 11 is 0. The molecule has 0 aromatic heterocycles.